The first-order valence-electron chi connectivity index (χ1n) is 4.97. The fraction of sp³-hybridized carbons (Fsp3) is 0.0769. The largest absolute Gasteiger partial charge is 0.457 e. The summed E-state index contributed by atoms with van der Waals surface area (Å²) < 4.78 is 6.72. The molecule has 2 aromatic carbocycles. The number of benzene rings is 2. The number of rotatable bonds is 3. The molecular formula is C13H9BrCl2O. The van der Waals surface area contributed by atoms with Crippen LogP contribution >= 0.6 is 39.1 Å². The number of ether oxygens (including phenoxy) is 1. The first kappa shape index (κ1) is 12.7. The van der Waals surface area contributed by atoms with Crippen molar-refractivity contribution in [3.63, 3.8) is 0 Å². The third-order valence-corrected chi connectivity index (χ3v) is 3.21. The third kappa shape index (κ3) is 3.38. The van der Waals surface area contributed by atoms with Crippen LogP contribution in [0.25, 0.3) is 0 Å². The van der Waals surface area contributed by atoms with Gasteiger partial charge in [-0.1, -0.05) is 33.6 Å². The van der Waals surface area contributed by atoms with Gasteiger partial charge < -0.3 is 4.74 Å². The molecule has 1 nitrogen and oxygen atoms in total. The molecule has 0 N–H and O–H groups in total. The fourth-order valence-corrected chi connectivity index (χ4v) is 2.21. The van der Waals surface area contributed by atoms with Gasteiger partial charge in [0.1, 0.15) is 11.5 Å². The lowest BCUT2D eigenvalue weighted by Crippen LogP contribution is -1.89. The summed E-state index contributed by atoms with van der Waals surface area (Å²) in [5.74, 6) is 1.84. The molecule has 0 saturated carbocycles. The van der Waals surface area contributed by atoms with Crippen molar-refractivity contribution >= 4 is 39.1 Å². The summed E-state index contributed by atoms with van der Waals surface area (Å²) in [5.41, 5.74) is 0.931. The van der Waals surface area contributed by atoms with Gasteiger partial charge in [-0.3, -0.25) is 0 Å². The highest BCUT2D eigenvalue weighted by molar-refractivity contribution is 9.10. The summed E-state index contributed by atoms with van der Waals surface area (Å²) in [6, 6.07) is 13.0. The minimum Gasteiger partial charge on any atom is -0.457 e. The van der Waals surface area contributed by atoms with E-state index in [4.69, 9.17) is 27.9 Å². The molecule has 0 aliphatic heterocycles. The molecule has 0 saturated heterocycles. The van der Waals surface area contributed by atoms with Crippen LogP contribution in [0.15, 0.2) is 46.9 Å². The Kier molecular flexibility index (Phi) is 4.32. The Balaban J connectivity index is 2.29. The van der Waals surface area contributed by atoms with Crippen molar-refractivity contribution in [2.24, 2.45) is 0 Å². The maximum atomic E-state index is 5.90. The predicted molar refractivity (Wildman–Crippen MR) is 75.2 cm³/mol. The smallest absolute Gasteiger partial charge is 0.131 e. The lowest BCUT2D eigenvalue weighted by atomic mass is 10.2. The minimum atomic E-state index is 0.398. The normalized spacial score (nSPS) is 10.3. The van der Waals surface area contributed by atoms with Gasteiger partial charge in [-0.25, -0.2) is 0 Å². The van der Waals surface area contributed by atoms with E-state index in [1.54, 1.807) is 12.1 Å². The molecule has 0 spiro atoms. The topological polar surface area (TPSA) is 9.23 Å². The lowest BCUT2D eigenvalue weighted by Gasteiger charge is -2.10. The molecular weight excluding hydrogens is 323 g/mol. The van der Waals surface area contributed by atoms with Crippen molar-refractivity contribution in [2.45, 2.75) is 5.88 Å². The van der Waals surface area contributed by atoms with E-state index >= 15 is 0 Å². The molecule has 0 bridgehead atoms. The van der Waals surface area contributed by atoms with E-state index in [0.717, 1.165) is 15.8 Å². The molecule has 0 amide bonds. The highest BCUT2D eigenvalue weighted by Crippen LogP contribution is 2.30. The number of halogens is 3. The van der Waals surface area contributed by atoms with Crippen molar-refractivity contribution in [3.05, 3.63) is 57.5 Å². The number of hydrogen-bond donors (Lipinski definition) is 0. The summed E-state index contributed by atoms with van der Waals surface area (Å²) >= 11 is 15.2. The number of alkyl halides is 1. The predicted octanol–water partition coefficient (Wildman–Crippen LogP) is 5.63. The van der Waals surface area contributed by atoms with Crippen LogP contribution < -0.4 is 4.74 Å². The molecule has 88 valence electrons. The molecule has 0 aliphatic carbocycles. The maximum Gasteiger partial charge on any atom is 0.131 e. The fourth-order valence-electron chi connectivity index (χ4n) is 1.41. The highest BCUT2D eigenvalue weighted by atomic mass is 79.9. The van der Waals surface area contributed by atoms with Crippen molar-refractivity contribution in [1.82, 2.24) is 0 Å². The second kappa shape index (κ2) is 5.76. The van der Waals surface area contributed by atoms with Crippen LogP contribution in [-0.2, 0) is 5.88 Å². The van der Waals surface area contributed by atoms with Gasteiger partial charge in [0.25, 0.3) is 0 Å². The van der Waals surface area contributed by atoms with Crippen molar-refractivity contribution in [1.29, 1.82) is 0 Å². The molecule has 0 aromatic heterocycles. The first-order valence-corrected chi connectivity index (χ1v) is 6.67. The Morgan fingerprint density at radius 3 is 2.65 bits per heavy atom. The van der Waals surface area contributed by atoms with E-state index in [1.165, 1.54) is 0 Å². The zero-order chi connectivity index (χ0) is 12.3. The molecule has 4 heteroatoms. The van der Waals surface area contributed by atoms with Gasteiger partial charge in [0, 0.05) is 15.1 Å². The van der Waals surface area contributed by atoms with Gasteiger partial charge in [-0.2, -0.15) is 0 Å². The van der Waals surface area contributed by atoms with Gasteiger partial charge in [0.05, 0.1) is 5.88 Å². The lowest BCUT2D eigenvalue weighted by molar-refractivity contribution is 0.478. The van der Waals surface area contributed by atoms with Gasteiger partial charge in [-0.05, 0) is 36.4 Å². The second-order valence-corrected chi connectivity index (χ2v) is 5.06. The van der Waals surface area contributed by atoms with E-state index in [9.17, 15) is 0 Å². The van der Waals surface area contributed by atoms with Crippen molar-refractivity contribution in [2.75, 3.05) is 0 Å². The molecule has 17 heavy (non-hydrogen) atoms. The summed E-state index contributed by atoms with van der Waals surface area (Å²) in [6.45, 7) is 0. The van der Waals surface area contributed by atoms with Crippen LogP contribution in [-0.4, -0.2) is 0 Å². The minimum absolute atomic E-state index is 0.398. The molecule has 0 atom stereocenters. The number of hydrogen-bond acceptors (Lipinski definition) is 1. The summed E-state index contributed by atoms with van der Waals surface area (Å²) in [6.07, 6.45) is 0. The van der Waals surface area contributed by atoms with E-state index in [0.29, 0.717) is 16.7 Å². The molecule has 0 heterocycles. The van der Waals surface area contributed by atoms with Crippen LogP contribution in [0.4, 0.5) is 0 Å². The Bertz CT molecular complexity index is 529. The zero-order valence-electron chi connectivity index (χ0n) is 8.79. The summed E-state index contributed by atoms with van der Waals surface area (Å²) in [4.78, 5) is 0. The summed E-state index contributed by atoms with van der Waals surface area (Å²) in [7, 11) is 0. The van der Waals surface area contributed by atoms with Gasteiger partial charge >= 0.3 is 0 Å². The first-order chi connectivity index (χ1) is 8.19. The quantitative estimate of drug-likeness (QED) is 0.662. The summed E-state index contributed by atoms with van der Waals surface area (Å²) in [5, 5.41) is 0.645. The molecule has 2 rings (SSSR count). The van der Waals surface area contributed by atoms with E-state index in [2.05, 4.69) is 15.9 Å². The molecule has 0 aliphatic rings. The van der Waals surface area contributed by atoms with Crippen LogP contribution in [0.5, 0.6) is 11.5 Å². The van der Waals surface area contributed by atoms with Gasteiger partial charge in [0.2, 0.25) is 0 Å². The third-order valence-electron chi connectivity index (χ3n) is 2.19. The zero-order valence-corrected chi connectivity index (χ0v) is 11.9. The Labute approximate surface area is 118 Å². The van der Waals surface area contributed by atoms with Crippen LogP contribution in [0, 0.1) is 0 Å². The Morgan fingerprint density at radius 1 is 1.12 bits per heavy atom. The maximum absolute atomic E-state index is 5.90. The molecule has 2 aromatic rings. The van der Waals surface area contributed by atoms with E-state index in [1.807, 2.05) is 30.3 Å². The Morgan fingerprint density at radius 2 is 1.94 bits per heavy atom. The second-order valence-electron chi connectivity index (χ2n) is 3.45. The highest BCUT2D eigenvalue weighted by Gasteiger charge is 2.05. The molecule has 0 radical (unpaired) electrons. The average Bonchev–Trinajstić information content (AvgIpc) is 2.31. The van der Waals surface area contributed by atoms with Gasteiger partial charge in [0.15, 0.2) is 0 Å². The average molecular weight is 332 g/mol. The van der Waals surface area contributed by atoms with Crippen LogP contribution in [0.1, 0.15) is 5.56 Å². The van der Waals surface area contributed by atoms with Crippen LogP contribution in [0.2, 0.25) is 5.02 Å². The molecule has 0 unspecified atom stereocenters. The van der Waals surface area contributed by atoms with Crippen molar-refractivity contribution in [3.8, 4) is 11.5 Å². The SMILES string of the molecule is ClCc1cc(Br)ccc1Oc1cccc(Cl)c1. The Hall–Kier alpha value is -0.700. The monoisotopic (exact) mass is 330 g/mol. The standard InChI is InChI=1S/C13H9BrCl2O/c14-10-4-5-13(9(6-10)8-15)17-12-3-1-2-11(16)7-12/h1-7H,8H2. The van der Waals surface area contributed by atoms with Crippen molar-refractivity contribution < 1.29 is 4.74 Å². The van der Waals surface area contributed by atoms with E-state index < -0.39 is 0 Å². The molecule has 0 fully saturated rings. The van der Waals surface area contributed by atoms with Gasteiger partial charge in [-0.15, -0.1) is 11.6 Å². The van der Waals surface area contributed by atoms with Crippen LogP contribution in [0.3, 0.4) is 0 Å². The van der Waals surface area contributed by atoms with E-state index in [-0.39, 0.29) is 0 Å².